The summed E-state index contributed by atoms with van der Waals surface area (Å²) in [6.07, 6.45) is 1.49. The van der Waals surface area contributed by atoms with Crippen molar-refractivity contribution < 1.29 is 14.5 Å². The fourth-order valence-corrected chi connectivity index (χ4v) is 2.53. The van der Waals surface area contributed by atoms with E-state index >= 15 is 0 Å². The van der Waals surface area contributed by atoms with Gasteiger partial charge in [0.2, 0.25) is 0 Å². The molecule has 0 fully saturated rings. The lowest BCUT2D eigenvalue weighted by Crippen LogP contribution is -2.36. The van der Waals surface area contributed by atoms with Gasteiger partial charge in [0.15, 0.2) is 0 Å². The number of nitrogens with one attached hydrogen (secondary N) is 1. The highest BCUT2D eigenvalue weighted by Crippen LogP contribution is 2.29. The molecular formula is C16H9ClN2O4. The summed E-state index contributed by atoms with van der Waals surface area (Å²) in [5.74, 6) is -1.02. The van der Waals surface area contributed by atoms with Crippen LogP contribution in [-0.4, -0.2) is 16.7 Å². The minimum atomic E-state index is -0.594. The van der Waals surface area contributed by atoms with E-state index in [1.54, 1.807) is 30.3 Å². The zero-order chi connectivity index (χ0) is 16.6. The van der Waals surface area contributed by atoms with Gasteiger partial charge in [-0.2, -0.15) is 0 Å². The van der Waals surface area contributed by atoms with Crippen LogP contribution >= 0.6 is 11.6 Å². The van der Waals surface area contributed by atoms with Gasteiger partial charge >= 0.3 is 0 Å². The number of rotatable bonds is 2. The van der Waals surface area contributed by atoms with Crippen LogP contribution < -0.4 is 5.32 Å². The Bertz CT molecular complexity index is 889. The van der Waals surface area contributed by atoms with Crippen LogP contribution in [0.4, 0.5) is 5.69 Å². The third-order valence-corrected chi connectivity index (χ3v) is 3.73. The molecule has 0 aromatic heterocycles. The normalized spacial score (nSPS) is 15.3. The van der Waals surface area contributed by atoms with Gasteiger partial charge in [0.1, 0.15) is 5.02 Å². The van der Waals surface area contributed by atoms with Gasteiger partial charge < -0.3 is 0 Å². The molecule has 0 unspecified atom stereocenters. The Labute approximate surface area is 135 Å². The van der Waals surface area contributed by atoms with Crippen molar-refractivity contribution in [2.24, 2.45) is 0 Å². The maximum Gasteiger partial charge on any atom is 0.288 e. The Hall–Kier alpha value is -2.99. The highest BCUT2D eigenvalue weighted by atomic mass is 35.5. The van der Waals surface area contributed by atoms with Gasteiger partial charge in [-0.15, -0.1) is 0 Å². The number of hydrogen-bond donors (Lipinski definition) is 1. The molecule has 23 heavy (non-hydrogen) atoms. The number of imide groups is 1. The average Bonchev–Trinajstić information content (AvgIpc) is 2.52. The van der Waals surface area contributed by atoms with E-state index in [-0.39, 0.29) is 16.3 Å². The van der Waals surface area contributed by atoms with Crippen LogP contribution in [0.2, 0.25) is 5.02 Å². The monoisotopic (exact) mass is 328 g/mol. The first kappa shape index (κ1) is 14.9. The fraction of sp³-hybridized carbons (Fsp3) is 0. The molecule has 0 radical (unpaired) electrons. The van der Waals surface area contributed by atoms with Crippen molar-refractivity contribution >= 4 is 40.8 Å². The van der Waals surface area contributed by atoms with Gasteiger partial charge in [-0.05, 0) is 29.3 Å². The maximum absolute atomic E-state index is 12.1. The van der Waals surface area contributed by atoms with Gasteiger partial charge in [0, 0.05) is 17.2 Å². The summed E-state index contributed by atoms with van der Waals surface area (Å²) in [6, 6.07) is 10.9. The van der Waals surface area contributed by atoms with Crippen LogP contribution in [0.15, 0.2) is 42.5 Å². The van der Waals surface area contributed by atoms with E-state index in [0.717, 1.165) is 0 Å². The molecule has 1 aliphatic rings. The topological polar surface area (TPSA) is 89.3 Å². The molecule has 0 atom stereocenters. The second-order valence-electron chi connectivity index (χ2n) is 4.85. The number of carbonyl (C=O) groups excluding carboxylic acids is 2. The number of hydrogen-bond acceptors (Lipinski definition) is 4. The number of nitro benzene ring substituents is 1. The molecule has 2 aromatic carbocycles. The average molecular weight is 329 g/mol. The van der Waals surface area contributed by atoms with Crippen molar-refractivity contribution in [1.82, 2.24) is 5.32 Å². The number of benzene rings is 2. The molecule has 7 heteroatoms. The van der Waals surface area contributed by atoms with Crippen molar-refractivity contribution in [2.45, 2.75) is 0 Å². The lowest BCUT2D eigenvalue weighted by atomic mass is 9.93. The number of fused-ring (bicyclic) bond motifs is 1. The van der Waals surface area contributed by atoms with E-state index in [2.05, 4.69) is 5.32 Å². The third-order valence-electron chi connectivity index (χ3n) is 3.41. The summed E-state index contributed by atoms with van der Waals surface area (Å²) < 4.78 is 0. The lowest BCUT2D eigenvalue weighted by molar-refractivity contribution is -0.384. The number of halogens is 1. The zero-order valence-electron chi connectivity index (χ0n) is 11.6. The van der Waals surface area contributed by atoms with Crippen molar-refractivity contribution in [3.8, 4) is 0 Å². The van der Waals surface area contributed by atoms with Crippen molar-refractivity contribution in [1.29, 1.82) is 0 Å². The van der Waals surface area contributed by atoms with Gasteiger partial charge in [-0.1, -0.05) is 35.9 Å². The SMILES string of the molecule is O=C1NC(=O)c2ccccc2C1=Cc1ccc(Cl)c([N+](=O)[O-])c1. The molecule has 6 nitrogen and oxygen atoms in total. The van der Waals surface area contributed by atoms with Crippen molar-refractivity contribution in [2.75, 3.05) is 0 Å². The van der Waals surface area contributed by atoms with Gasteiger partial charge in [0.25, 0.3) is 17.5 Å². The third kappa shape index (κ3) is 2.72. The van der Waals surface area contributed by atoms with Crippen LogP contribution in [-0.2, 0) is 4.79 Å². The molecule has 0 aliphatic carbocycles. The number of nitrogens with zero attached hydrogens (tertiary/aromatic N) is 1. The molecule has 0 saturated heterocycles. The summed E-state index contributed by atoms with van der Waals surface area (Å²) in [7, 11) is 0. The maximum atomic E-state index is 12.1. The second-order valence-corrected chi connectivity index (χ2v) is 5.26. The molecule has 114 valence electrons. The summed E-state index contributed by atoms with van der Waals surface area (Å²) >= 11 is 5.78. The van der Waals surface area contributed by atoms with E-state index in [9.17, 15) is 19.7 Å². The Kier molecular flexibility index (Phi) is 3.67. The second kappa shape index (κ2) is 5.66. The van der Waals surface area contributed by atoms with Crippen LogP contribution in [0.3, 0.4) is 0 Å². The van der Waals surface area contributed by atoms with E-state index in [1.165, 1.54) is 18.2 Å². The van der Waals surface area contributed by atoms with Gasteiger partial charge in [-0.25, -0.2) is 0 Å². The highest BCUT2D eigenvalue weighted by molar-refractivity contribution is 6.34. The summed E-state index contributed by atoms with van der Waals surface area (Å²) in [6.45, 7) is 0. The number of nitro groups is 1. The molecule has 1 heterocycles. The zero-order valence-corrected chi connectivity index (χ0v) is 12.3. The first-order valence-electron chi connectivity index (χ1n) is 6.58. The Balaban J connectivity index is 2.14. The first-order chi connectivity index (χ1) is 11.0. The molecule has 2 amide bonds. The van der Waals surface area contributed by atoms with Crippen molar-refractivity contribution in [3.05, 3.63) is 74.3 Å². The predicted octanol–water partition coefficient (Wildman–Crippen LogP) is 3.06. The molecule has 0 spiro atoms. The number of carbonyl (C=O) groups is 2. The highest BCUT2D eigenvalue weighted by Gasteiger charge is 2.26. The molecule has 1 aliphatic heterocycles. The largest absolute Gasteiger partial charge is 0.288 e. The molecule has 2 aromatic rings. The molecular weight excluding hydrogens is 320 g/mol. The minimum Gasteiger partial charge on any atom is -0.288 e. The van der Waals surface area contributed by atoms with Crippen LogP contribution in [0.1, 0.15) is 21.5 Å². The van der Waals surface area contributed by atoms with E-state index in [1.807, 2.05) is 0 Å². The predicted molar refractivity (Wildman–Crippen MR) is 84.9 cm³/mol. The Morgan fingerprint density at radius 2 is 1.74 bits per heavy atom. The summed E-state index contributed by atoms with van der Waals surface area (Å²) in [5, 5.41) is 13.2. The summed E-state index contributed by atoms with van der Waals surface area (Å²) in [4.78, 5) is 34.3. The van der Waals surface area contributed by atoms with E-state index < -0.39 is 16.7 Å². The number of amides is 2. The van der Waals surface area contributed by atoms with E-state index in [4.69, 9.17) is 11.6 Å². The minimum absolute atomic E-state index is 0.0147. The van der Waals surface area contributed by atoms with E-state index in [0.29, 0.717) is 16.7 Å². The molecule has 1 N–H and O–H groups in total. The lowest BCUT2D eigenvalue weighted by Gasteiger charge is -2.18. The summed E-state index contributed by atoms with van der Waals surface area (Å²) in [5.41, 5.74) is 1.31. The van der Waals surface area contributed by atoms with Crippen LogP contribution in [0.25, 0.3) is 11.6 Å². The van der Waals surface area contributed by atoms with Gasteiger partial charge in [0.05, 0.1) is 4.92 Å². The fourth-order valence-electron chi connectivity index (χ4n) is 2.35. The first-order valence-corrected chi connectivity index (χ1v) is 6.96. The smallest absolute Gasteiger partial charge is 0.288 e. The quantitative estimate of drug-likeness (QED) is 0.397. The Morgan fingerprint density at radius 1 is 1.04 bits per heavy atom. The Morgan fingerprint density at radius 3 is 2.43 bits per heavy atom. The van der Waals surface area contributed by atoms with Gasteiger partial charge in [-0.3, -0.25) is 25.0 Å². The van der Waals surface area contributed by atoms with Crippen molar-refractivity contribution in [3.63, 3.8) is 0 Å². The molecule has 0 saturated carbocycles. The molecule has 0 bridgehead atoms. The standard InChI is InChI=1S/C16H9ClN2O4/c17-13-6-5-9(8-14(13)19(22)23)7-12-10-3-1-2-4-11(10)15(20)18-16(12)21/h1-8H,(H,18,20,21). The van der Waals surface area contributed by atoms with Crippen LogP contribution in [0.5, 0.6) is 0 Å². The van der Waals surface area contributed by atoms with Crippen LogP contribution in [0, 0.1) is 10.1 Å². The molecule has 3 rings (SSSR count).